The number of anilines is 1. The van der Waals surface area contributed by atoms with E-state index in [0.717, 1.165) is 6.42 Å². The Morgan fingerprint density at radius 2 is 1.96 bits per heavy atom. The van der Waals surface area contributed by atoms with Gasteiger partial charge in [-0.1, -0.05) is 6.92 Å². The Morgan fingerprint density at radius 1 is 1.29 bits per heavy atom. The summed E-state index contributed by atoms with van der Waals surface area (Å²) in [6.45, 7) is 4.28. The van der Waals surface area contributed by atoms with Crippen molar-refractivity contribution in [1.29, 1.82) is 0 Å². The Labute approximate surface area is 190 Å². The first-order chi connectivity index (χ1) is 12.8. The molecule has 152 valence electrons. The molecule has 2 aliphatic heterocycles. The topological polar surface area (TPSA) is 109 Å². The maximum Gasteiger partial charge on any atom is 1.00 e. The zero-order valence-corrected chi connectivity index (χ0v) is 20.2. The van der Waals surface area contributed by atoms with Gasteiger partial charge in [0.15, 0.2) is 9.84 Å². The third-order valence-electron chi connectivity index (χ3n) is 5.49. The van der Waals surface area contributed by atoms with Crippen molar-refractivity contribution in [2.75, 3.05) is 44.1 Å². The molecule has 0 aliphatic carbocycles. The summed E-state index contributed by atoms with van der Waals surface area (Å²) >= 11 is -2.56. The van der Waals surface area contributed by atoms with Crippen LogP contribution in [-0.2, 0) is 35.1 Å². The summed E-state index contributed by atoms with van der Waals surface area (Å²) in [5.74, 6) is 0.483. The van der Waals surface area contributed by atoms with Crippen LogP contribution < -0.4 is 34.5 Å². The average molecular weight is 441 g/mol. The van der Waals surface area contributed by atoms with Gasteiger partial charge in [-0.25, -0.2) is 13.4 Å². The normalized spacial score (nSPS) is 23.7. The van der Waals surface area contributed by atoms with E-state index in [-0.39, 0.29) is 40.6 Å². The van der Waals surface area contributed by atoms with Crippen LogP contribution in [-0.4, -0.2) is 67.4 Å². The number of hydrogen-bond acceptors (Lipinski definition) is 8. The van der Waals surface area contributed by atoms with Crippen LogP contribution in [0.5, 0.6) is 0 Å². The first kappa shape index (κ1) is 24.2. The summed E-state index contributed by atoms with van der Waals surface area (Å²) in [5, 5.41) is -0.140. The Hall–Kier alpha value is -0.0700. The van der Waals surface area contributed by atoms with Crippen LogP contribution in [0.1, 0.15) is 31.7 Å². The van der Waals surface area contributed by atoms with E-state index >= 15 is 0 Å². The molecule has 0 aromatic carbocycles. The third-order valence-corrected chi connectivity index (χ3v) is 8.10. The van der Waals surface area contributed by atoms with E-state index in [1.165, 1.54) is 12.3 Å². The van der Waals surface area contributed by atoms with Crippen LogP contribution in [0.3, 0.4) is 0 Å². The molecule has 1 unspecified atom stereocenters. The molecule has 2 aliphatic rings. The molecule has 1 aromatic rings. The van der Waals surface area contributed by atoms with Crippen LogP contribution in [0, 0.1) is 0 Å². The van der Waals surface area contributed by atoms with Crippen LogP contribution in [0.2, 0.25) is 0 Å². The van der Waals surface area contributed by atoms with Gasteiger partial charge >= 0.3 is 29.6 Å². The summed E-state index contributed by atoms with van der Waals surface area (Å²) in [4.78, 5) is 6.31. The van der Waals surface area contributed by atoms with Crippen molar-refractivity contribution in [2.45, 2.75) is 42.0 Å². The van der Waals surface area contributed by atoms with E-state index in [9.17, 15) is 17.2 Å². The Kier molecular flexibility index (Phi) is 8.49. The molecule has 2 fully saturated rings. The van der Waals surface area contributed by atoms with E-state index in [2.05, 4.69) is 4.98 Å². The molecule has 3 heterocycles. The van der Waals surface area contributed by atoms with E-state index in [4.69, 9.17) is 9.47 Å². The maximum atomic E-state index is 12.7. The van der Waals surface area contributed by atoms with E-state index in [1.807, 2.05) is 11.8 Å². The molecular weight excluding hydrogens is 415 g/mol. The van der Waals surface area contributed by atoms with Gasteiger partial charge in [-0.2, -0.15) is 0 Å². The Balaban J connectivity index is 0.00000280. The molecule has 0 radical (unpaired) electrons. The molecule has 0 bridgehead atoms. The second kappa shape index (κ2) is 9.82. The van der Waals surface area contributed by atoms with Crippen LogP contribution in [0.15, 0.2) is 17.2 Å². The van der Waals surface area contributed by atoms with Crippen molar-refractivity contribution in [1.82, 2.24) is 4.98 Å². The van der Waals surface area contributed by atoms with Crippen LogP contribution in [0.25, 0.3) is 0 Å². The van der Waals surface area contributed by atoms with Crippen molar-refractivity contribution in [3.63, 3.8) is 0 Å². The number of rotatable bonds is 5. The largest absolute Gasteiger partial charge is 1.00 e. The molecule has 0 spiro atoms. The summed E-state index contributed by atoms with van der Waals surface area (Å²) in [7, 11) is -3.50. The summed E-state index contributed by atoms with van der Waals surface area (Å²) in [6.07, 6.45) is 2.60. The first-order valence-electron chi connectivity index (χ1n) is 9.02. The fourth-order valence-electron chi connectivity index (χ4n) is 3.86. The SMILES string of the molecule is CC[C@H]1COCCN1c1cc(C2(S(C)(=O)=O)CCOCC2)cc(S(=O)[O-])n1.[Na+]. The predicted octanol–water partition coefficient (Wildman–Crippen LogP) is -2.01. The van der Waals surface area contributed by atoms with Gasteiger partial charge in [-0.05, 0) is 48.0 Å². The summed E-state index contributed by atoms with van der Waals surface area (Å²) in [6, 6.07) is 3.19. The number of ether oxygens (including phenoxy) is 2. The molecule has 0 N–H and O–H groups in total. The second-order valence-electron chi connectivity index (χ2n) is 7.00. The smallest absolute Gasteiger partial charge is 0.767 e. The van der Waals surface area contributed by atoms with Crippen LogP contribution in [0.4, 0.5) is 5.82 Å². The van der Waals surface area contributed by atoms with Crippen molar-refractivity contribution in [3.05, 3.63) is 17.7 Å². The number of morpholine rings is 1. The first-order valence-corrected chi connectivity index (χ1v) is 12.0. The minimum atomic E-state index is -3.50. The molecule has 1 aromatic heterocycles. The molecule has 2 saturated heterocycles. The molecule has 8 nitrogen and oxygen atoms in total. The number of hydrogen-bond donors (Lipinski definition) is 0. The van der Waals surface area contributed by atoms with Gasteiger partial charge in [0.1, 0.15) is 15.6 Å². The van der Waals surface area contributed by atoms with Gasteiger partial charge < -0.3 is 18.9 Å². The quantitative estimate of drug-likeness (QED) is 0.382. The molecule has 3 rings (SSSR count). The number of nitrogens with zero attached hydrogens (tertiary/aromatic N) is 2. The standard InChI is InChI=1S/C17H26N2O6S2.Na/c1-3-14-12-25-9-6-19(14)15-10-13(11-16(18-15)26(20)21)17(27(2,22)23)4-7-24-8-5-17;/h10-11,14H,3-9,12H2,1-2H3,(H,20,21);/q;+1/p-1/t14-;/m0./s1. The van der Waals surface area contributed by atoms with Crippen molar-refractivity contribution in [2.24, 2.45) is 0 Å². The van der Waals surface area contributed by atoms with Gasteiger partial charge in [-0.15, -0.1) is 0 Å². The van der Waals surface area contributed by atoms with Gasteiger partial charge in [0, 0.05) is 26.0 Å². The van der Waals surface area contributed by atoms with E-state index in [1.54, 1.807) is 6.07 Å². The van der Waals surface area contributed by atoms with Crippen molar-refractivity contribution < 1.29 is 56.2 Å². The summed E-state index contributed by atoms with van der Waals surface area (Å²) in [5.41, 5.74) is 0.471. The Bertz CT molecular complexity index is 814. The average Bonchev–Trinajstić information content (AvgIpc) is 2.67. The van der Waals surface area contributed by atoms with Gasteiger partial charge in [0.25, 0.3) is 0 Å². The molecule has 0 amide bonds. The Morgan fingerprint density at radius 3 is 2.54 bits per heavy atom. The van der Waals surface area contributed by atoms with Gasteiger partial charge in [-0.3, -0.25) is 4.21 Å². The fourth-order valence-corrected chi connectivity index (χ4v) is 5.70. The number of sulfone groups is 1. The zero-order chi connectivity index (χ0) is 19.7. The van der Waals surface area contributed by atoms with Crippen molar-refractivity contribution >= 4 is 26.7 Å². The number of pyridine rings is 1. The van der Waals surface area contributed by atoms with Crippen LogP contribution >= 0.6 is 0 Å². The van der Waals surface area contributed by atoms with Gasteiger partial charge in [0.05, 0.1) is 19.3 Å². The fraction of sp³-hybridized carbons (Fsp3) is 0.706. The summed E-state index contributed by atoms with van der Waals surface area (Å²) < 4.78 is 58.6. The van der Waals surface area contributed by atoms with Crippen molar-refractivity contribution in [3.8, 4) is 0 Å². The van der Waals surface area contributed by atoms with E-state index in [0.29, 0.717) is 57.2 Å². The third kappa shape index (κ3) is 4.80. The monoisotopic (exact) mass is 440 g/mol. The number of aromatic nitrogens is 1. The minimum Gasteiger partial charge on any atom is -0.767 e. The zero-order valence-electron chi connectivity index (χ0n) is 16.5. The van der Waals surface area contributed by atoms with Gasteiger partial charge in [0.2, 0.25) is 0 Å². The molecule has 2 atom stereocenters. The molecular formula is C17H25N2NaO6S2. The predicted molar refractivity (Wildman–Crippen MR) is 100 cm³/mol. The minimum absolute atomic E-state index is 0. The molecule has 28 heavy (non-hydrogen) atoms. The molecule has 0 saturated carbocycles. The van der Waals surface area contributed by atoms with E-state index < -0.39 is 25.7 Å². The second-order valence-corrected chi connectivity index (χ2v) is 10.2. The maximum absolute atomic E-state index is 12.7. The molecule has 11 heteroatoms.